The van der Waals surface area contributed by atoms with Crippen molar-refractivity contribution in [3.8, 4) is 22.5 Å². The predicted octanol–water partition coefficient (Wildman–Crippen LogP) is 10.5. The van der Waals surface area contributed by atoms with Gasteiger partial charge in [0.25, 0.3) is 0 Å². The Balaban J connectivity index is 0.000000177. The molecule has 0 N–H and O–H groups in total. The second kappa shape index (κ2) is 15.2. The van der Waals surface area contributed by atoms with Crippen LogP contribution in [0.15, 0.2) is 89.7 Å². The van der Waals surface area contributed by atoms with E-state index in [2.05, 4.69) is 103 Å². The molecule has 4 aromatic heterocycles. The van der Waals surface area contributed by atoms with E-state index >= 15 is 0 Å². The van der Waals surface area contributed by atoms with Crippen LogP contribution in [-0.2, 0) is 32.9 Å². The van der Waals surface area contributed by atoms with E-state index in [1.165, 1.54) is 54.8 Å². The molecule has 1 radical (unpaired) electrons. The van der Waals surface area contributed by atoms with Crippen LogP contribution in [0.3, 0.4) is 0 Å². The van der Waals surface area contributed by atoms with Crippen molar-refractivity contribution in [2.24, 2.45) is 23.7 Å². The Hall–Kier alpha value is -3.44. The van der Waals surface area contributed by atoms with E-state index in [4.69, 9.17) is 4.42 Å². The fraction of sp³-hybridized carbons (Fsp3) is 0.372. The fourth-order valence-electron chi connectivity index (χ4n) is 8.05. The quantitative estimate of drug-likeness (QED) is 0.119. The van der Waals surface area contributed by atoms with Crippen molar-refractivity contribution in [2.75, 3.05) is 0 Å². The van der Waals surface area contributed by atoms with Crippen LogP contribution in [0.25, 0.3) is 44.6 Å². The molecule has 2 bridgehead atoms. The van der Waals surface area contributed by atoms with Crippen molar-refractivity contribution in [3.05, 3.63) is 109 Å². The molecule has 6 aromatic rings. The van der Waals surface area contributed by atoms with Gasteiger partial charge in [0.2, 0.25) is 5.71 Å². The van der Waals surface area contributed by atoms with E-state index in [0.29, 0.717) is 11.6 Å². The summed E-state index contributed by atoms with van der Waals surface area (Å²) >= 11 is 0. The Kier molecular flexibility index (Phi) is 11.0. The number of benzene rings is 2. The molecule has 255 valence electrons. The number of aromatic nitrogens is 3. The molecule has 0 saturated heterocycles. The van der Waals surface area contributed by atoms with Gasteiger partial charge in [0.05, 0.1) is 13.7 Å². The molecular weight excluding hydrogens is 795 g/mol. The number of hydrogen-bond acceptors (Lipinski definition) is 4. The molecular formula is C43H47IrN3OSi-2. The predicted molar refractivity (Wildman–Crippen MR) is 201 cm³/mol. The Morgan fingerprint density at radius 2 is 1.67 bits per heavy atom. The van der Waals surface area contributed by atoms with Crippen LogP contribution in [0, 0.1) is 35.8 Å². The van der Waals surface area contributed by atoms with Crippen molar-refractivity contribution in [1.29, 1.82) is 0 Å². The van der Waals surface area contributed by atoms with Gasteiger partial charge in [0, 0.05) is 44.1 Å². The topological polar surface area (TPSA) is 51.8 Å². The first-order valence-electron chi connectivity index (χ1n) is 17.8. The van der Waals surface area contributed by atoms with E-state index in [0.717, 1.165) is 63.0 Å². The van der Waals surface area contributed by atoms with Crippen molar-refractivity contribution >= 4 is 35.3 Å². The number of furan rings is 1. The number of rotatable bonds is 7. The van der Waals surface area contributed by atoms with Gasteiger partial charge < -0.3 is 14.4 Å². The molecule has 3 aliphatic carbocycles. The van der Waals surface area contributed by atoms with Crippen molar-refractivity contribution in [2.45, 2.75) is 78.4 Å². The minimum absolute atomic E-state index is 0. The molecule has 9 rings (SSSR count). The number of nitrogens with zero attached hydrogens (tertiary/aromatic N) is 3. The summed E-state index contributed by atoms with van der Waals surface area (Å²) in [5, 5.41) is 3.61. The minimum atomic E-state index is -1.34. The summed E-state index contributed by atoms with van der Waals surface area (Å²) in [6, 6.07) is 29.4. The zero-order valence-corrected chi connectivity index (χ0v) is 32.8. The maximum absolute atomic E-state index is 6.09. The van der Waals surface area contributed by atoms with Gasteiger partial charge in [-0.3, -0.25) is 0 Å². The monoisotopic (exact) mass is 842 g/mol. The summed E-state index contributed by atoms with van der Waals surface area (Å²) in [5.74, 6) is 3.41. The molecule has 1 atom stereocenters. The summed E-state index contributed by atoms with van der Waals surface area (Å²) in [5.41, 5.74) is 8.38. The molecule has 6 heteroatoms. The zero-order valence-electron chi connectivity index (χ0n) is 29.4. The normalized spacial score (nSPS) is 18.7. The summed E-state index contributed by atoms with van der Waals surface area (Å²) in [6.07, 6.45) is 15.3. The van der Waals surface area contributed by atoms with Gasteiger partial charge in [-0.15, -0.1) is 54.1 Å². The molecule has 49 heavy (non-hydrogen) atoms. The summed E-state index contributed by atoms with van der Waals surface area (Å²) in [6.45, 7) is 11.7. The molecule has 0 aliphatic heterocycles. The Morgan fingerprint density at radius 1 is 0.837 bits per heavy atom. The standard InChI is InChI=1S/C25H23N2O.C18H24NSi.Ir/c1-3-20-21-5-2-11-27-25(21)28-24(20)22(4-1)23-15-17(10-12-26-23)14-19-13-16-6-8-18(19)9-7-16;1-14(2)11-16-12-17(15-9-7-6-8-10-15)19-13-18(16)20(3,4)5;/h1-3,5,10-12,15-16,18-19H,6-9,13-14H2;6-9,12-14H,11H2,1-5H3;/q2*-1;. The van der Waals surface area contributed by atoms with Crippen molar-refractivity contribution < 1.29 is 24.5 Å². The third-order valence-corrected chi connectivity index (χ3v) is 12.5. The zero-order chi connectivity index (χ0) is 33.3. The summed E-state index contributed by atoms with van der Waals surface area (Å²) in [4.78, 5) is 13.7. The maximum atomic E-state index is 6.09. The molecule has 4 heterocycles. The SMILES string of the molecule is CC(C)Cc1cc(-c2[c-]cccc2)ncc1[Si](C)(C)C.[Ir].[c-]1ccc2c(oc3ncccc32)c1-c1cc(CC2CC3CCC2CC3)ccn1. The average Bonchev–Trinajstić information content (AvgIpc) is 3.48. The first-order chi connectivity index (χ1) is 23.2. The third-order valence-electron chi connectivity index (χ3n) is 10.4. The number of pyridine rings is 3. The van der Waals surface area contributed by atoms with Crippen LogP contribution in [0.1, 0.15) is 57.1 Å². The fourth-order valence-corrected chi connectivity index (χ4v) is 9.64. The second-order valence-electron chi connectivity index (χ2n) is 15.4. The van der Waals surface area contributed by atoms with Crippen LogP contribution in [0.4, 0.5) is 0 Å². The Morgan fingerprint density at radius 3 is 2.39 bits per heavy atom. The van der Waals surface area contributed by atoms with Gasteiger partial charge in [-0.2, -0.15) is 0 Å². The van der Waals surface area contributed by atoms with Gasteiger partial charge in [0.1, 0.15) is 0 Å². The molecule has 0 amide bonds. The van der Waals surface area contributed by atoms with Gasteiger partial charge in [-0.25, -0.2) is 4.98 Å². The number of hydrogen-bond donors (Lipinski definition) is 0. The van der Waals surface area contributed by atoms with Crippen LogP contribution < -0.4 is 5.19 Å². The first kappa shape index (κ1) is 35.4. The van der Waals surface area contributed by atoms with E-state index in [1.54, 1.807) is 6.20 Å². The smallest absolute Gasteiger partial charge is 0.216 e. The van der Waals surface area contributed by atoms with Crippen LogP contribution in [0.5, 0.6) is 0 Å². The summed E-state index contributed by atoms with van der Waals surface area (Å²) in [7, 11) is -1.34. The maximum Gasteiger partial charge on any atom is 0.216 e. The van der Waals surface area contributed by atoms with Crippen molar-refractivity contribution in [3.63, 3.8) is 0 Å². The van der Waals surface area contributed by atoms with Gasteiger partial charge >= 0.3 is 0 Å². The van der Waals surface area contributed by atoms with Crippen LogP contribution >= 0.6 is 0 Å². The Bertz CT molecular complexity index is 2010. The van der Waals surface area contributed by atoms with Crippen LogP contribution in [-0.4, -0.2) is 23.0 Å². The minimum Gasteiger partial charge on any atom is -0.486 e. The molecule has 3 aliphatic rings. The first-order valence-corrected chi connectivity index (χ1v) is 21.3. The van der Waals surface area contributed by atoms with Gasteiger partial charge in [0.15, 0.2) is 0 Å². The number of fused-ring (bicyclic) bond motifs is 6. The Labute approximate surface area is 306 Å². The summed E-state index contributed by atoms with van der Waals surface area (Å²) < 4.78 is 6.09. The second-order valence-corrected chi connectivity index (χ2v) is 20.5. The largest absolute Gasteiger partial charge is 0.486 e. The molecule has 0 spiro atoms. The molecule has 2 aromatic carbocycles. The third kappa shape index (κ3) is 7.98. The van der Waals surface area contributed by atoms with Gasteiger partial charge in [-0.05, 0) is 90.5 Å². The average molecular weight is 842 g/mol. The molecule has 3 fully saturated rings. The molecule has 4 nitrogen and oxygen atoms in total. The molecule has 3 saturated carbocycles. The molecule has 1 unspecified atom stereocenters. The van der Waals surface area contributed by atoms with E-state index < -0.39 is 8.07 Å². The van der Waals surface area contributed by atoms with Crippen molar-refractivity contribution in [1.82, 2.24) is 15.0 Å². The van der Waals surface area contributed by atoms with Crippen LogP contribution in [0.2, 0.25) is 19.6 Å². The van der Waals surface area contributed by atoms with E-state index in [-0.39, 0.29) is 20.1 Å². The van der Waals surface area contributed by atoms with Gasteiger partial charge in [-0.1, -0.05) is 80.5 Å². The van der Waals surface area contributed by atoms with E-state index in [9.17, 15) is 0 Å². The van der Waals surface area contributed by atoms with E-state index in [1.807, 2.05) is 36.5 Å².